The number of carbonyl (C=O) groups excluding carboxylic acids is 4. The maximum absolute atomic E-state index is 12.4. The van der Waals surface area contributed by atoms with Gasteiger partial charge in [-0.25, -0.2) is 4.79 Å². The van der Waals surface area contributed by atoms with Gasteiger partial charge in [0.05, 0.1) is 7.11 Å². The highest BCUT2D eigenvalue weighted by Crippen LogP contribution is 2.10. The SMILES string of the molecule is COC(=O)[C@@H](CCSC)NC(=O)c1ccc(CCC(=O)CCCC(C)=O)cc1. The van der Waals surface area contributed by atoms with Crippen molar-refractivity contribution < 1.29 is 23.9 Å². The zero-order chi connectivity index (χ0) is 20.9. The van der Waals surface area contributed by atoms with Crippen molar-refractivity contribution in [3.8, 4) is 0 Å². The molecular weight excluding hydrogens is 378 g/mol. The lowest BCUT2D eigenvalue weighted by molar-refractivity contribution is -0.142. The van der Waals surface area contributed by atoms with Crippen LogP contribution in [0.3, 0.4) is 0 Å². The average molecular weight is 408 g/mol. The van der Waals surface area contributed by atoms with E-state index in [0.717, 1.165) is 11.3 Å². The van der Waals surface area contributed by atoms with E-state index >= 15 is 0 Å². The summed E-state index contributed by atoms with van der Waals surface area (Å²) >= 11 is 1.59. The molecule has 0 radical (unpaired) electrons. The molecule has 0 aliphatic rings. The highest BCUT2D eigenvalue weighted by atomic mass is 32.2. The molecule has 0 fully saturated rings. The number of nitrogens with one attached hydrogen (secondary N) is 1. The van der Waals surface area contributed by atoms with E-state index in [1.807, 2.05) is 18.4 Å². The molecule has 0 unspecified atom stereocenters. The topological polar surface area (TPSA) is 89.5 Å². The molecule has 7 heteroatoms. The molecule has 154 valence electrons. The molecule has 1 rings (SSSR count). The Balaban J connectivity index is 2.53. The second kappa shape index (κ2) is 13.1. The molecule has 6 nitrogen and oxygen atoms in total. The smallest absolute Gasteiger partial charge is 0.328 e. The van der Waals surface area contributed by atoms with Crippen LogP contribution in [-0.4, -0.2) is 48.6 Å². The van der Waals surface area contributed by atoms with E-state index in [1.54, 1.807) is 23.9 Å². The predicted molar refractivity (Wildman–Crippen MR) is 111 cm³/mol. The lowest BCUT2D eigenvalue weighted by atomic mass is 10.0. The van der Waals surface area contributed by atoms with Gasteiger partial charge in [0.15, 0.2) is 0 Å². The van der Waals surface area contributed by atoms with Crippen LogP contribution >= 0.6 is 11.8 Å². The van der Waals surface area contributed by atoms with Gasteiger partial charge >= 0.3 is 5.97 Å². The van der Waals surface area contributed by atoms with Crippen molar-refractivity contribution in [3.63, 3.8) is 0 Å². The zero-order valence-electron chi connectivity index (χ0n) is 16.8. The van der Waals surface area contributed by atoms with Gasteiger partial charge in [-0.1, -0.05) is 12.1 Å². The fraction of sp³-hybridized carbons (Fsp3) is 0.524. The number of hydrogen-bond donors (Lipinski definition) is 1. The van der Waals surface area contributed by atoms with Crippen LogP contribution in [0.15, 0.2) is 24.3 Å². The number of amides is 1. The molecule has 0 aliphatic carbocycles. The van der Waals surface area contributed by atoms with Crippen LogP contribution in [0, 0.1) is 0 Å². The second-order valence-electron chi connectivity index (χ2n) is 6.62. The quantitative estimate of drug-likeness (QED) is 0.506. The minimum atomic E-state index is -0.669. The Labute approximate surface area is 170 Å². The van der Waals surface area contributed by atoms with E-state index in [-0.39, 0.29) is 17.5 Å². The molecule has 1 atom stereocenters. The van der Waals surface area contributed by atoms with Crippen LogP contribution in [0.2, 0.25) is 0 Å². The highest BCUT2D eigenvalue weighted by molar-refractivity contribution is 7.98. The fourth-order valence-electron chi connectivity index (χ4n) is 2.63. The van der Waals surface area contributed by atoms with Gasteiger partial charge in [-0.05, 0) is 55.9 Å². The summed E-state index contributed by atoms with van der Waals surface area (Å²) in [5.74, 6) is 0.187. The van der Waals surface area contributed by atoms with Crippen molar-refractivity contribution in [3.05, 3.63) is 35.4 Å². The van der Waals surface area contributed by atoms with Crippen molar-refractivity contribution >= 4 is 35.2 Å². The zero-order valence-corrected chi connectivity index (χ0v) is 17.6. The van der Waals surface area contributed by atoms with E-state index < -0.39 is 12.0 Å². The summed E-state index contributed by atoms with van der Waals surface area (Å²) in [5.41, 5.74) is 1.41. The lowest BCUT2D eigenvalue weighted by Crippen LogP contribution is -2.41. The number of Topliss-reactive ketones (excluding diaryl/α,β-unsaturated/α-hetero) is 2. The molecule has 1 amide bonds. The summed E-state index contributed by atoms with van der Waals surface area (Å²) in [6.45, 7) is 1.53. The first-order valence-corrected chi connectivity index (χ1v) is 10.7. The Kier molecular flexibility index (Phi) is 11.2. The Morgan fingerprint density at radius 2 is 1.75 bits per heavy atom. The van der Waals surface area contributed by atoms with Crippen LogP contribution in [0.25, 0.3) is 0 Å². The van der Waals surface area contributed by atoms with Gasteiger partial charge in [0, 0.05) is 24.8 Å². The monoisotopic (exact) mass is 407 g/mol. The number of hydrogen-bond acceptors (Lipinski definition) is 6. The summed E-state index contributed by atoms with van der Waals surface area (Å²) in [7, 11) is 1.30. The molecule has 0 saturated carbocycles. The Morgan fingerprint density at radius 1 is 1.07 bits per heavy atom. The summed E-state index contributed by atoms with van der Waals surface area (Å²) in [6.07, 6.45) is 4.92. The van der Waals surface area contributed by atoms with E-state index in [2.05, 4.69) is 5.32 Å². The van der Waals surface area contributed by atoms with Crippen LogP contribution < -0.4 is 5.32 Å². The van der Waals surface area contributed by atoms with E-state index in [9.17, 15) is 19.2 Å². The number of ether oxygens (including phenoxy) is 1. The number of ketones is 2. The van der Waals surface area contributed by atoms with Gasteiger partial charge in [-0.3, -0.25) is 9.59 Å². The van der Waals surface area contributed by atoms with Crippen molar-refractivity contribution in [2.45, 2.75) is 51.5 Å². The number of thioether (sulfide) groups is 1. The van der Waals surface area contributed by atoms with E-state index in [4.69, 9.17) is 4.74 Å². The third kappa shape index (κ3) is 9.17. The van der Waals surface area contributed by atoms with Crippen LogP contribution in [0.5, 0.6) is 0 Å². The molecule has 1 aromatic rings. The average Bonchev–Trinajstić information content (AvgIpc) is 2.68. The first-order chi connectivity index (χ1) is 13.4. The Hall–Kier alpha value is -2.15. The molecule has 1 N–H and O–H groups in total. The second-order valence-corrected chi connectivity index (χ2v) is 7.61. The van der Waals surface area contributed by atoms with Gasteiger partial charge in [-0.2, -0.15) is 11.8 Å². The van der Waals surface area contributed by atoms with Gasteiger partial charge < -0.3 is 14.8 Å². The number of rotatable bonds is 13. The van der Waals surface area contributed by atoms with Crippen molar-refractivity contribution in [2.75, 3.05) is 19.1 Å². The molecular formula is C21H29NO5S. The van der Waals surface area contributed by atoms with E-state index in [0.29, 0.717) is 44.1 Å². The summed E-state index contributed by atoms with van der Waals surface area (Å²) in [5, 5.41) is 2.71. The van der Waals surface area contributed by atoms with E-state index in [1.165, 1.54) is 14.0 Å². The lowest BCUT2D eigenvalue weighted by Gasteiger charge is -2.16. The number of methoxy groups -OCH3 is 1. The summed E-state index contributed by atoms with van der Waals surface area (Å²) in [4.78, 5) is 46.9. The summed E-state index contributed by atoms with van der Waals surface area (Å²) in [6, 6.07) is 6.33. The fourth-order valence-corrected chi connectivity index (χ4v) is 3.11. The minimum absolute atomic E-state index is 0.101. The number of benzene rings is 1. The largest absolute Gasteiger partial charge is 0.467 e. The first kappa shape index (κ1) is 23.9. The Morgan fingerprint density at radius 3 is 2.32 bits per heavy atom. The van der Waals surface area contributed by atoms with Crippen LogP contribution in [0.4, 0.5) is 0 Å². The predicted octanol–water partition coefficient (Wildman–Crippen LogP) is 2.97. The molecule has 28 heavy (non-hydrogen) atoms. The van der Waals surface area contributed by atoms with Crippen LogP contribution in [0.1, 0.15) is 54.9 Å². The van der Waals surface area contributed by atoms with Gasteiger partial charge in [0.2, 0.25) is 0 Å². The molecule has 0 aliphatic heterocycles. The molecule has 0 saturated heterocycles. The third-order valence-electron chi connectivity index (χ3n) is 4.29. The number of carbonyl (C=O) groups is 4. The minimum Gasteiger partial charge on any atom is -0.467 e. The van der Waals surface area contributed by atoms with Crippen molar-refractivity contribution in [2.24, 2.45) is 0 Å². The van der Waals surface area contributed by atoms with Crippen molar-refractivity contribution in [1.82, 2.24) is 5.32 Å². The van der Waals surface area contributed by atoms with Crippen molar-refractivity contribution in [1.29, 1.82) is 0 Å². The maximum atomic E-state index is 12.4. The molecule has 1 aromatic carbocycles. The van der Waals surface area contributed by atoms with Gasteiger partial charge in [0.25, 0.3) is 5.91 Å². The number of esters is 1. The molecule has 0 spiro atoms. The maximum Gasteiger partial charge on any atom is 0.328 e. The first-order valence-electron chi connectivity index (χ1n) is 9.35. The van der Waals surface area contributed by atoms with Gasteiger partial charge in [-0.15, -0.1) is 0 Å². The van der Waals surface area contributed by atoms with Crippen LogP contribution in [-0.2, 0) is 25.5 Å². The molecule has 0 bridgehead atoms. The normalized spacial score (nSPS) is 11.5. The Bertz CT molecular complexity index is 672. The highest BCUT2D eigenvalue weighted by Gasteiger charge is 2.21. The molecule has 0 heterocycles. The third-order valence-corrected chi connectivity index (χ3v) is 4.94. The summed E-state index contributed by atoms with van der Waals surface area (Å²) < 4.78 is 4.75. The van der Waals surface area contributed by atoms with Gasteiger partial charge in [0.1, 0.15) is 17.6 Å². The number of aryl methyl sites for hydroxylation is 1. The standard InChI is InChI=1S/C21H29NO5S/c1-15(23)5-4-6-18(24)12-9-16-7-10-17(11-8-16)20(25)22-19(13-14-28-3)21(26)27-2/h7-8,10-11,19H,4-6,9,12-14H2,1-3H3,(H,22,25)/t19-/m1/s1. The molecule has 0 aromatic heterocycles.